The molecule has 0 aromatic heterocycles. The van der Waals surface area contributed by atoms with Crippen molar-refractivity contribution in [3.05, 3.63) is 0 Å². The number of ketones is 1. The molecule has 0 aromatic rings. The summed E-state index contributed by atoms with van der Waals surface area (Å²) in [6, 6.07) is 0. The van der Waals surface area contributed by atoms with Crippen molar-refractivity contribution in [2.24, 2.45) is 0 Å². The highest BCUT2D eigenvalue weighted by Crippen LogP contribution is 2.05. The van der Waals surface area contributed by atoms with Crippen LogP contribution in [-0.4, -0.2) is 53.6 Å². The topological polar surface area (TPSA) is 57.7 Å². The second kappa shape index (κ2) is 4.91. The van der Waals surface area contributed by atoms with Crippen molar-refractivity contribution in [1.29, 1.82) is 0 Å². The third kappa shape index (κ3) is 3.04. The Labute approximate surface area is 89.0 Å². The molecule has 0 bridgehead atoms. The van der Waals surface area contributed by atoms with Crippen molar-refractivity contribution in [1.82, 2.24) is 9.80 Å². The standard InChI is InChI=1S/C10H16N2O3/c1-3-11-4-5-12(7-8(2)13)10(15)6-9(11)14/h3-7H2,1-2H3. The lowest BCUT2D eigenvalue weighted by Crippen LogP contribution is -2.36. The number of carbonyl (C=O) groups excluding carboxylic acids is 3. The lowest BCUT2D eigenvalue weighted by Gasteiger charge is -2.20. The number of rotatable bonds is 3. The fourth-order valence-corrected chi connectivity index (χ4v) is 1.61. The Morgan fingerprint density at radius 3 is 2.27 bits per heavy atom. The van der Waals surface area contributed by atoms with Gasteiger partial charge in [0.05, 0.1) is 6.54 Å². The molecule has 0 N–H and O–H groups in total. The van der Waals surface area contributed by atoms with Gasteiger partial charge in [-0.3, -0.25) is 14.4 Å². The predicted octanol–water partition coefficient (Wildman–Crippen LogP) is -0.344. The van der Waals surface area contributed by atoms with Gasteiger partial charge in [0.2, 0.25) is 11.8 Å². The average molecular weight is 212 g/mol. The summed E-state index contributed by atoms with van der Waals surface area (Å²) in [7, 11) is 0. The van der Waals surface area contributed by atoms with E-state index >= 15 is 0 Å². The first-order valence-electron chi connectivity index (χ1n) is 5.09. The van der Waals surface area contributed by atoms with Gasteiger partial charge in [-0.05, 0) is 13.8 Å². The van der Waals surface area contributed by atoms with Crippen LogP contribution >= 0.6 is 0 Å². The van der Waals surface area contributed by atoms with Gasteiger partial charge in [0.25, 0.3) is 0 Å². The van der Waals surface area contributed by atoms with E-state index in [9.17, 15) is 14.4 Å². The molecule has 1 fully saturated rings. The van der Waals surface area contributed by atoms with Crippen LogP contribution in [0.25, 0.3) is 0 Å². The number of hydrogen-bond donors (Lipinski definition) is 0. The Bertz CT molecular complexity index is 288. The molecule has 1 heterocycles. The second-order valence-corrected chi connectivity index (χ2v) is 3.67. The summed E-state index contributed by atoms with van der Waals surface area (Å²) in [4.78, 5) is 37.0. The summed E-state index contributed by atoms with van der Waals surface area (Å²) < 4.78 is 0. The lowest BCUT2D eigenvalue weighted by atomic mass is 10.3. The third-order valence-corrected chi connectivity index (χ3v) is 2.44. The number of hydrogen-bond acceptors (Lipinski definition) is 3. The fraction of sp³-hybridized carbons (Fsp3) is 0.700. The summed E-state index contributed by atoms with van der Waals surface area (Å²) in [5.74, 6) is -0.444. The molecule has 0 aromatic carbocycles. The molecule has 0 aliphatic carbocycles. The molecule has 1 aliphatic heterocycles. The number of likely N-dealkylation sites (N-methyl/N-ethyl adjacent to an activating group) is 1. The predicted molar refractivity (Wildman–Crippen MR) is 54.1 cm³/mol. The van der Waals surface area contributed by atoms with Crippen molar-refractivity contribution in [2.75, 3.05) is 26.2 Å². The van der Waals surface area contributed by atoms with Gasteiger partial charge in [-0.15, -0.1) is 0 Å². The van der Waals surface area contributed by atoms with Gasteiger partial charge in [0.15, 0.2) is 0 Å². The van der Waals surface area contributed by atoms with Gasteiger partial charge in [-0.1, -0.05) is 0 Å². The Hall–Kier alpha value is -1.39. The number of amides is 2. The smallest absolute Gasteiger partial charge is 0.232 e. The van der Waals surface area contributed by atoms with E-state index in [1.807, 2.05) is 6.92 Å². The maximum Gasteiger partial charge on any atom is 0.232 e. The van der Waals surface area contributed by atoms with Gasteiger partial charge < -0.3 is 9.80 Å². The SMILES string of the molecule is CCN1CCN(CC(C)=O)C(=O)CC1=O. The van der Waals surface area contributed by atoms with E-state index in [1.165, 1.54) is 11.8 Å². The molecule has 0 radical (unpaired) electrons. The highest BCUT2D eigenvalue weighted by molar-refractivity contribution is 5.98. The van der Waals surface area contributed by atoms with Crippen molar-refractivity contribution in [2.45, 2.75) is 20.3 Å². The summed E-state index contributed by atoms with van der Waals surface area (Å²) in [6.45, 7) is 5.02. The zero-order valence-corrected chi connectivity index (χ0v) is 9.15. The van der Waals surface area contributed by atoms with E-state index in [0.29, 0.717) is 19.6 Å². The minimum Gasteiger partial charge on any atom is -0.341 e. The maximum absolute atomic E-state index is 11.5. The first kappa shape index (κ1) is 11.7. The van der Waals surface area contributed by atoms with Crippen LogP contribution in [0.15, 0.2) is 0 Å². The second-order valence-electron chi connectivity index (χ2n) is 3.67. The van der Waals surface area contributed by atoms with Gasteiger partial charge >= 0.3 is 0 Å². The van der Waals surface area contributed by atoms with Crippen molar-refractivity contribution in [3.8, 4) is 0 Å². The number of carbonyl (C=O) groups is 3. The van der Waals surface area contributed by atoms with Crippen molar-refractivity contribution in [3.63, 3.8) is 0 Å². The van der Waals surface area contributed by atoms with E-state index in [-0.39, 0.29) is 30.6 Å². The molecule has 0 unspecified atom stereocenters. The molecule has 1 rings (SSSR count). The first-order chi connectivity index (χ1) is 7.04. The molecule has 15 heavy (non-hydrogen) atoms. The first-order valence-corrected chi connectivity index (χ1v) is 5.09. The minimum atomic E-state index is -0.244. The van der Waals surface area contributed by atoms with E-state index in [4.69, 9.17) is 0 Å². The van der Waals surface area contributed by atoms with E-state index in [0.717, 1.165) is 0 Å². The minimum absolute atomic E-state index is 0.0549. The molecule has 0 saturated carbocycles. The zero-order chi connectivity index (χ0) is 11.4. The Morgan fingerprint density at radius 2 is 1.73 bits per heavy atom. The Balaban J connectivity index is 2.67. The van der Waals surface area contributed by atoms with Crippen LogP contribution < -0.4 is 0 Å². The van der Waals surface area contributed by atoms with Gasteiger partial charge in [-0.25, -0.2) is 0 Å². The average Bonchev–Trinajstić information content (AvgIpc) is 2.27. The Morgan fingerprint density at radius 1 is 1.20 bits per heavy atom. The van der Waals surface area contributed by atoms with Crippen LogP contribution in [0, 0.1) is 0 Å². The maximum atomic E-state index is 11.5. The Kier molecular flexibility index (Phi) is 3.82. The van der Waals surface area contributed by atoms with E-state index in [1.54, 1.807) is 4.90 Å². The molecule has 84 valence electrons. The van der Waals surface area contributed by atoms with Gasteiger partial charge in [-0.2, -0.15) is 0 Å². The zero-order valence-electron chi connectivity index (χ0n) is 9.15. The van der Waals surface area contributed by atoms with Crippen molar-refractivity contribution < 1.29 is 14.4 Å². The van der Waals surface area contributed by atoms with Crippen LogP contribution in [0.3, 0.4) is 0 Å². The molecule has 2 amide bonds. The fourth-order valence-electron chi connectivity index (χ4n) is 1.61. The van der Waals surface area contributed by atoms with Crippen LogP contribution in [0.4, 0.5) is 0 Å². The van der Waals surface area contributed by atoms with Crippen LogP contribution in [0.1, 0.15) is 20.3 Å². The largest absolute Gasteiger partial charge is 0.341 e. The quantitative estimate of drug-likeness (QED) is 0.601. The molecular weight excluding hydrogens is 196 g/mol. The van der Waals surface area contributed by atoms with Crippen LogP contribution in [0.5, 0.6) is 0 Å². The lowest BCUT2D eigenvalue weighted by molar-refractivity contribution is -0.138. The summed E-state index contributed by atoms with van der Waals surface area (Å²) in [5.41, 5.74) is 0. The molecule has 5 nitrogen and oxygen atoms in total. The monoisotopic (exact) mass is 212 g/mol. The summed E-state index contributed by atoms with van der Waals surface area (Å²) in [6.07, 6.45) is -0.110. The van der Waals surface area contributed by atoms with E-state index < -0.39 is 0 Å². The molecule has 1 saturated heterocycles. The van der Waals surface area contributed by atoms with Crippen molar-refractivity contribution >= 4 is 17.6 Å². The summed E-state index contributed by atoms with van der Waals surface area (Å²) >= 11 is 0. The van der Waals surface area contributed by atoms with Crippen LogP contribution in [-0.2, 0) is 14.4 Å². The van der Waals surface area contributed by atoms with Gasteiger partial charge in [0.1, 0.15) is 12.2 Å². The highest BCUT2D eigenvalue weighted by Gasteiger charge is 2.25. The number of Topliss-reactive ketones (excluding diaryl/α,β-unsaturated/α-hetero) is 1. The molecular formula is C10H16N2O3. The number of nitrogens with zero attached hydrogens (tertiary/aromatic N) is 2. The van der Waals surface area contributed by atoms with Crippen LogP contribution in [0.2, 0.25) is 0 Å². The molecule has 1 aliphatic rings. The summed E-state index contributed by atoms with van der Waals surface area (Å²) in [5, 5.41) is 0. The normalized spacial score (nSPS) is 18.0. The molecule has 0 spiro atoms. The third-order valence-electron chi connectivity index (χ3n) is 2.44. The molecule has 0 atom stereocenters. The van der Waals surface area contributed by atoms with Gasteiger partial charge in [0, 0.05) is 19.6 Å². The highest BCUT2D eigenvalue weighted by atomic mass is 16.2. The molecule has 5 heteroatoms. The van der Waals surface area contributed by atoms with E-state index in [2.05, 4.69) is 0 Å².